The van der Waals surface area contributed by atoms with Gasteiger partial charge in [0.1, 0.15) is 5.60 Å². The maximum atomic E-state index is 11.6. The Morgan fingerprint density at radius 1 is 1.38 bits per heavy atom. The first-order valence-corrected chi connectivity index (χ1v) is 10.5. The molecule has 7 nitrogen and oxygen atoms in total. The van der Waals surface area contributed by atoms with Gasteiger partial charge in [0, 0.05) is 25.8 Å². The largest absolute Gasteiger partial charge is 0.368 e. The molecule has 1 atom stereocenters. The van der Waals surface area contributed by atoms with Crippen LogP contribution < -0.4 is 5.73 Å². The molecule has 3 aliphatic heterocycles. The Kier molecular flexibility index (Phi) is 4.01. The number of nitrogens with zero attached hydrogens (tertiary/aromatic N) is 3. The Morgan fingerprint density at radius 2 is 2.17 bits per heavy atom. The van der Waals surface area contributed by atoms with Crippen molar-refractivity contribution in [2.75, 3.05) is 43.5 Å². The lowest BCUT2D eigenvalue weighted by Gasteiger charge is -2.44. The molecule has 1 spiro atoms. The van der Waals surface area contributed by atoms with Crippen LogP contribution in [-0.4, -0.2) is 61.0 Å². The van der Waals surface area contributed by atoms with Gasteiger partial charge in [-0.15, -0.1) is 0 Å². The zero-order valence-electron chi connectivity index (χ0n) is 13.8. The highest BCUT2D eigenvalue weighted by atomic mass is 32.2. The summed E-state index contributed by atoms with van der Waals surface area (Å²) in [6, 6.07) is 0. The number of rotatable bonds is 2. The van der Waals surface area contributed by atoms with E-state index < -0.39 is 9.84 Å². The van der Waals surface area contributed by atoms with Crippen molar-refractivity contribution < 1.29 is 13.2 Å². The number of nitrogens with two attached hydrogens (primary N) is 1. The Labute approximate surface area is 142 Å². The second kappa shape index (κ2) is 5.93. The molecule has 0 saturated carbocycles. The van der Waals surface area contributed by atoms with Crippen LogP contribution in [0.15, 0.2) is 6.20 Å². The normalized spacial score (nSPS) is 28.8. The van der Waals surface area contributed by atoms with Crippen molar-refractivity contribution in [2.24, 2.45) is 5.92 Å². The zero-order valence-corrected chi connectivity index (χ0v) is 14.6. The van der Waals surface area contributed by atoms with Crippen molar-refractivity contribution in [1.29, 1.82) is 0 Å². The molecule has 0 aliphatic carbocycles. The van der Waals surface area contributed by atoms with Crippen molar-refractivity contribution >= 4 is 15.8 Å². The molecule has 1 aromatic rings. The number of likely N-dealkylation sites (tertiary alicyclic amines) is 1. The molecule has 8 heteroatoms. The predicted octanol–water partition coefficient (Wildman–Crippen LogP) is 0.357. The van der Waals surface area contributed by atoms with Gasteiger partial charge in [-0.05, 0) is 37.2 Å². The van der Waals surface area contributed by atoms with Crippen LogP contribution in [0.3, 0.4) is 0 Å². The van der Waals surface area contributed by atoms with Gasteiger partial charge in [-0.3, -0.25) is 0 Å². The van der Waals surface area contributed by atoms with E-state index >= 15 is 0 Å². The summed E-state index contributed by atoms with van der Waals surface area (Å²) in [7, 11) is -2.80. The fraction of sp³-hybridized carbons (Fsp3) is 0.750. The maximum Gasteiger partial charge on any atom is 0.220 e. The molecule has 0 radical (unpaired) electrons. The highest BCUT2D eigenvalue weighted by Crippen LogP contribution is 2.40. The topological polar surface area (TPSA) is 98.4 Å². The third-order valence-electron chi connectivity index (χ3n) is 5.57. The number of hydrogen-bond donors (Lipinski definition) is 1. The summed E-state index contributed by atoms with van der Waals surface area (Å²) in [6.45, 7) is 3.37. The Balaban J connectivity index is 1.44. The first-order valence-electron chi connectivity index (χ1n) is 8.64. The second-order valence-corrected chi connectivity index (χ2v) is 9.49. The molecule has 1 unspecified atom stereocenters. The van der Waals surface area contributed by atoms with Crippen LogP contribution in [0.25, 0.3) is 0 Å². The van der Waals surface area contributed by atoms with E-state index in [4.69, 9.17) is 10.5 Å². The third-order valence-corrected chi connectivity index (χ3v) is 7.41. The fourth-order valence-electron chi connectivity index (χ4n) is 4.28. The van der Waals surface area contributed by atoms with Crippen LogP contribution in [-0.2, 0) is 26.6 Å². The van der Waals surface area contributed by atoms with Crippen LogP contribution in [0, 0.1) is 5.92 Å². The first kappa shape index (κ1) is 16.2. The minimum absolute atomic E-state index is 0.279. The van der Waals surface area contributed by atoms with E-state index in [0.717, 1.165) is 56.6 Å². The van der Waals surface area contributed by atoms with Gasteiger partial charge in [-0.25, -0.2) is 18.4 Å². The molecule has 2 N–H and O–H groups in total. The lowest BCUT2D eigenvalue weighted by Crippen LogP contribution is -2.48. The molecule has 0 aromatic carbocycles. The zero-order chi connectivity index (χ0) is 16.8. The van der Waals surface area contributed by atoms with Gasteiger partial charge in [0.05, 0.1) is 23.8 Å². The van der Waals surface area contributed by atoms with E-state index in [0.29, 0.717) is 24.1 Å². The summed E-state index contributed by atoms with van der Waals surface area (Å²) in [5, 5.41) is 0. The van der Waals surface area contributed by atoms with Crippen LogP contribution in [0.2, 0.25) is 0 Å². The molecular weight excluding hydrogens is 328 g/mol. The van der Waals surface area contributed by atoms with Crippen molar-refractivity contribution in [3.05, 3.63) is 17.5 Å². The van der Waals surface area contributed by atoms with Gasteiger partial charge in [0.15, 0.2) is 9.84 Å². The molecule has 4 rings (SSSR count). The Hall–Kier alpha value is -1.25. The molecule has 0 amide bonds. The van der Waals surface area contributed by atoms with E-state index in [1.165, 1.54) is 0 Å². The van der Waals surface area contributed by atoms with Gasteiger partial charge < -0.3 is 15.4 Å². The number of ether oxygens (including phenoxy) is 1. The summed E-state index contributed by atoms with van der Waals surface area (Å²) in [5.74, 6) is 1.28. The minimum Gasteiger partial charge on any atom is -0.368 e. The van der Waals surface area contributed by atoms with Gasteiger partial charge in [-0.1, -0.05) is 0 Å². The van der Waals surface area contributed by atoms with E-state index in [1.54, 1.807) is 0 Å². The summed E-state index contributed by atoms with van der Waals surface area (Å²) >= 11 is 0. The van der Waals surface area contributed by atoms with E-state index in [-0.39, 0.29) is 11.5 Å². The molecular formula is C16H24N4O3S. The first-order chi connectivity index (χ1) is 11.5. The SMILES string of the molecule is Nc1ncc2c(n1)C1(CCN(CC3CCS(=O)(=O)C3)CC1)OCC2. The molecule has 2 saturated heterocycles. The average molecular weight is 352 g/mol. The third kappa shape index (κ3) is 3.02. The van der Waals surface area contributed by atoms with E-state index in [2.05, 4.69) is 14.9 Å². The quantitative estimate of drug-likeness (QED) is 0.820. The number of fused-ring (bicyclic) bond motifs is 2. The molecule has 4 heterocycles. The summed E-state index contributed by atoms with van der Waals surface area (Å²) in [5.41, 5.74) is 7.55. The summed E-state index contributed by atoms with van der Waals surface area (Å²) < 4.78 is 29.4. The van der Waals surface area contributed by atoms with Crippen molar-refractivity contribution in [3.63, 3.8) is 0 Å². The lowest BCUT2D eigenvalue weighted by atomic mass is 9.83. The van der Waals surface area contributed by atoms with Crippen molar-refractivity contribution in [3.8, 4) is 0 Å². The number of anilines is 1. The highest BCUT2D eigenvalue weighted by Gasteiger charge is 2.43. The van der Waals surface area contributed by atoms with Crippen LogP contribution >= 0.6 is 0 Å². The molecule has 2 fully saturated rings. The number of nitrogen functional groups attached to an aromatic ring is 1. The van der Waals surface area contributed by atoms with Crippen LogP contribution in [0.4, 0.5) is 5.95 Å². The molecule has 3 aliphatic rings. The molecule has 24 heavy (non-hydrogen) atoms. The second-order valence-electron chi connectivity index (χ2n) is 7.26. The van der Waals surface area contributed by atoms with Crippen molar-refractivity contribution in [2.45, 2.75) is 31.3 Å². The fourth-order valence-corrected chi connectivity index (χ4v) is 6.13. The average Bonchev–Trinajstić information content (AvgIpc) is 2.89. The summed E-state index contributed by atoms with van der Waals surface area (Å²) in [6.07, 6.45) is 5.21. The monoisotopic (exact) mass is 352 g/mol. The molecule has 0 bridgehead atoms. The van der Waals surface area contributed by atoms with Gasteiger partial charge in [0.2, 0.25) is 5.95 Å². The van der Waals surface area contributed by atoms with E-state index in [9.17, 15) is 8.42 Å². The smallest absolute Gasteiger partial charge is 0.220 e. The Bertz CT molecular complexity index is 729. The van der Waals surface area contributed by atoms with Gasteiger partial charge in [-0.2, -0.15) is 0 Å². The number of sulfone groups is 1. The molecule has 1 aromatic heterocycles. The maximum absolute atomic E-state index is 11.6. The number of piperidine rings is 1. The molecule has 132 valence electrons. The predicted molar refractivity (Wildman–Crippen MR) is 90.2 cm³/mol. The van der Waals surface area contributed by atoms with Gasteiger partial charge in [0.25, 0.3) is 0 Å². The van der Waals surface area contributed by atoms with Crippen molar-refractivity contribution in [1.82, 2.24) is 14.9 Å². The van der Waals surface area contributed by atoms with E-state index in [1.807, 2.05) is 6.20 Å². The van der Waals surface area contributed by atoms with Crippen LogP contribution in [0.5, 0.6) is 0 Å². The standard InChI is InChI=1S/C16H24N4O3S/c17-15-18-9-13-1-7-23-16(14(13)19-15)3-5-20(6-4-16)10-12-2-8-24(21,22)11-12/h9,12H,1-8,10-11H2,(H2,17,18,19). The van der Waals surface area contributed by atoms with Crippen LogP contribution in [0.1, 0.15) is 30.5 Å². The number of aromatic nitrogens is 2. The minimum atomic E-state index is -2.80. The summed E-state index contributed by atoms with van der Waals surface area (Å²) in [4.78, 5) is 11.0. The highest BCUT2D eigenvalue weighted by molar-refractivity contribution is 7.91. The van der Waals surface area contributed by atoms with Gasteiger partial charge >= 0.3 is 0 Å². The lowest BCUT2D eigenvalue weighted by molar-refractivity contribution is -0.102. The Morgan fingerprint density at radius 3 is 2.88 bits per heavy atom. The number of hydrogen-bond acceptors (Lipinski definition) is 7.